The molecular weight excluding hydrogens is 274 g/mol. The molecule has 0 aliphatic carbocycles. The van der Waals surface area contributed by atoms with Crippen LogP contribution >= 0.6 is 0 Å². The zero-order chi connectivity index (χ0) is 14.4. The fraction of sp³-hybridized carbons (Fsp3) is 0.500. The van der Waals surface area contributed by atoms with Gasteiger partial charge in [0, 0.05) is 24.5 Å². The van der Waals surface area contributed by atoms with Gasteiger partial charge in [-0.2, -0.15) is 5.10 Å². The zero-order valence-corrected chi connectivity index (χ0v) is 12.6. The Bertz CT molecular complexity index is 751. The van der Waals surface area contributed by atoms with Gasteiger partial charge in [0.1, 0.15) is 0 Å². The van der Waals surface area contributed by atoms with E-state index < -0.39 is 9.84 Å². The zero-order valence-electron chi connectivity index (χ0n) is 11.8. The molecule has 0 amide bonds. The summed E-state index contributed by atoms with van der Waals surface area (Å²) < 4.78 is 25.1. The molecule has 1 aliphatic heterocycles. The second kappa shape index (κ2) is 4.56. The second-order valence-corrected chi connectivity index (χ2v) is 8.03. The van der Waals surface area contributed by atoms with Crippen LogP contribution in [0.1, 0.15) is 19.0 Å². The third-order valence-corrected chi connectivity index (χ3v) is 5.92. The summed E-state index contributed by atoms with van der Waals surface area (Å²) in [5.41, 5.74) is 1.72. The van der Waals surface area contributed by atoms with Crippen molar-refractivity contribution in [3.8, 4) is 0 Å². The molecule has 1 saturated heterocycles. The summed E-state index contributed by atoms with van der Waals surface area (Å²) in [6.45, 7) is 2.57. The van der Waals surface area contributed by atoms with Crippen LogP contribution < -0.4 is 5.32 Å². The Morgan fingerprint density at radius 3 is 2.85 bits per heavy atom. The average molecular weight is 293 g/mol. The topological polar surface area (TPSA) is 64.0 Å². The van der Waals surface area contributed by atoms with Crippen LogP contribution in [-0.4, -0.2) is 35.2 Å². The number of nitrogens with zero attached hydrogens (tertiary/aromatic N) is 2. The summed E-state index contributed by atoms with van der Waals surface area (Å²) in [5, 5.41) is 9.02. The van der Waals surface area contributed by atoms with Crippen molar-refractivity contribution in [1.29, 1.82) is 0 Å². The molecule has 1 aromatic carbocycles. The highest BCUT2D eigenvalue weighted by Crippen LogP contribution is 2.24. The molecule has 6 heteroatoms. The summed E-state index contributed by atoms with van der Waals surface area (Å²) in [6.07, 6.45) is 0.667. The second-order valence-electron chi connectivity index (χ2n) is 5.84. The van der Waals surface area contributed by atoms with Gasteiger partial charge in [-0.15, -0.1) is 0 Å². The van der Waals surface area contributed by atoms with Crippen molar-refractivity contribution in [2.45, 2.75) is 25.4 Å². The first-order chi connectivity index (χ1) is 9.39. The van der Waals surface area contributed by atoms with Gasteiger partial charge in [-0.05, 0) is 19.4 Å². The quantitative estimate of drug-likeness (QED) is 0.925. The molecule has 1 unspecified atom stereocenters. The molecule has 0 spiro atoms. The number of hydrogen-bond donors (Lipinski definition) is 1. The van der Waals surface area contributed by atoms with Crippen molar-refractivity contribution in [1.82, 2.24) is 15.1 Å². The van der Waals surface area contributed by atoms with E-state index in [0.717, 1.165) is 16.6 Å². The Labute approximate surface area is 118 Å². The molecule has 1 aromatic heterocycles. The summed E-state index contributed by atoms with van der Waals surface area (Å²) in [7, 11) is -0.960. The Kier molecular flexibility index (Phi) is 3.10. The first-order valence-electron chi connectivity index (χ1n) is 6.75. The minimum Gasteiger partial charge on any atom is -0.305 e. The van der Waals surface area contributed by atoms with E-state index in [9.17, 15) is 8.42 Å². The SMILES string of the molecule is Cn1nc(CNC2(C)CCS(=O)(=O)C2)c2ccccc21. The van der Waals surface area contributed by atoms with Gasteiger partial charge in [0.05, 0.1) is 22.7 Å². The Hall–Kier alpha value is -1.40. The molecule has 3 rings (SSSR count). The van der Waals surface area contributed by atoms with Crippen LogP contribution in [0.4, 0.5) is 0 Å². The summed E-state index contributed by atoms with van der Waals surface area (Å²) in [5.74, 6) is 0.490. The van der Waals surface area contributed by atoms with Crippen LogP contribution in [0.15, 0.2) is 24.3 Å². The van der Waals surface area contributed by atoms with E-state index in [4.69, 9.17) is 0 Å². The van der Waals surface area contributed by atoms with E-state index in [1.54, 1.807) is 0 Å². The number of nitrogens with one attached hydrogen (secondary N) is 1. The van der Waals surface area contributed by atoms with Crippen LogP contribution in [-0.2, 0) is 23.4 Å². The molecule has 1 atom stereocenters. The lowest BCUT2D eigenvalue weighted by Crippen LogP contribution is -2.42. The monoisotopic (exact) mass is 293 g/mol. The third kappa shape index (κ3) is 2.45. The molecule has 1 fully saturated rings. The molecule has 108 valence electrons. The highest BCUT2D eigenvalue weighted by molar-refractivity contribution is 7.91. The van der Waals surface area contributed by atoms with E-state index in [2.05, 4.69) is 10.4 Å². The van der Waals surface area contributed by atoms with Crippen LogP contribution in [0, 0.1) is 0 Å². The van der Waals surface area contributed by atoms with E-state index in [0.29, 0.717) is 13.0 Å². The smallest absolute Gasteiger partial charge is 0.152 e. The average Bonchev–Trinajstić information content (AvgIpc) is 2.86. The maximum Gasteiger partial charge on any atom is 0.152 e. The molecule has 0 saturated carbocycles. The minimum absolute atomic E-state index is 0.213. The van der Waals surface area contributed by atoms with Crippen LogP contribution in [0.3, 0.4) is 0 Å². The number of sulfone groups is 1. The van der Waals surface area contributed by atoms with Crippen LogP contribution in [0.2, 0.25) is 0 Å². The van der Waals surface area contributed by atoms with E-state index >= 15 is 0 Å². The van der Waals surface area contributed by atoms with Gasteiger partial charge in [-0.1, -0.05) is 18.2 Å². The summed E-state index contributed by atoms with van der Waals surface area (Å²) >= 11 is 0. The van der Waals surface area contributed by atoms with E-state index in [1.165, 1.54) is 0 Å². The van der Waals surface area contributed by atoms with Crippen molar-refractivity contribution in [3.05, 3.63) is 30.0 Å². The number of rotatable bonds is 3. The van der Waals surface area contributed by atoms with Gasteiger partial charge >= 0.3 is 0 Å². The molecule has 1 N–H and O–H groups in total. The predicted molar refractivity (Wildman–Crippen MR) is 79.2 cm³/mol. The molecular formula is C14H19N3O2S. The number of hydrogen-bond acceptors (Lipinski definition) is 4. The standard InChI is InChI=1S/C14H19N3O2S/c1-14(7-8-20(18,19)10-14)15-9-12-11-5-3-4-6-13(11)17(2)16-12/h3-6,15H,7-10H2,1-2H3. The van der Waals surface area contributed by atoms with Gasteiger partial charge in [-0.3, -0.25) is 4.68 Å². The molecule has 5 nitrogen and oxygen atoms in total. The molecule has 2 aromatic rings. The van der Waals surface area contributed by atoms with Gasteiger partial charge in [0.25, 0.3) is 0 Å². The van der Waals surface area contributed by atoms with Gasteiger partial charge < -0.3 is 5.32 Å². The number of benzene rings is 1. The maximum absolute atomic E-state index is 11.6. The van der Waals surface area contributed by atoms with Gasteiger partial charge in [-0.25, -0.2) is 8.42 Å². The van der Waals surface area contributed by atoms with Gasteiger partial charge in [0.2, 0.25) is 0 Å². The first kappa shape index (κ1) is 13.6. The molecule has 0 bridgehead atoms. The van der Waals surface area contributed by atoms with Crippen molar-refractivity contribution in [3.63, 3.8) is 0 Å². The normalized spacial score (nSPS) is 25.3. The number of para-hydroxylation sites is 1. The van der Waals surface area contributed by atoms with Crippen molar-refractivity contribution in [2.24, 2.45) is 7.05 Å². The van der Waals surface area contributed by atoms with E-state index in [1.807, 2.05) is 42.9 Å². The number of aryl methyl sites for hydroxylation is 1. The minimum atomic E-state index is -2.88. The summed E-state index contributed by atoms with van der Waals surface area (Å²) in [4.78, 5) is 0. The number of aromatic nitrogens is 2. The Morgan fingerprint density at radius 1 is 1.40 bits per heavy atom. The largest absolute Gasteiger partial charge is 0.305 e. The molecule has 2 heterocycles. The summed E-state index contributed by atoms with van der Waals surface area (Å²) in [6, 6.07) is 8.07. The van der Waals surface area contributed by atoms with Gasteiger partial charge in [0.15, 0.2) is 9.84 Å². The highest BCUT2D eigenvalue weighted by Gasteiger charge is 2.37. The maximum atomic E-state index is 11.6. The van der Waals surface area contributed by atoms with E-state index in [-0.39, 0.29) is 17.0 Å². The van der Waals surface area contributed by atoms with Crippen LogP contribution in [0.5, 0.6) is 0 Å². The first-order valence-corrected chi connectivity index (χ1v) is 8.57. The highest BCUT2D eigenvalue weighted by atomic mass is 32.2. The lowest BCUT2D eigenvalue weighted by Gasteiger charge is -2.23. The fourth-order valence-corrected chi connectivity index (χ4v) is 4.99. The van der Waals surface area contributed by atoms with Crippen molar-refractivity contribution in [2.75, 3.05) is 11.5 Å². The Morgan fingerprint density at radius 2 is 2.15 bits per heavy atom. The molecule has 1 aliphatic rings. The lowest BCUT2D eigenvalue weighted by atomic mass is 10.0. The lowest BCUT2D eigenvalue weighted by molar-refractivity contribution is 0.393. The molecule has 20 heavy (non-hydrogen) atoms. The van der Waals surface area contributed by atoms with Crippen molar-refractivity contribution < 1.29 is 8.42 Å². The predicted octanol–water partition coefficient (Wildman–Crippen LogP) is 1.24. The third-order valence-electron chi connectivity index (χ3n) is 4.02. The number of fused-ring (bicyclic) bond motifs is 1. The Balaban J connectivity index is 1.81. The fourth-order valence-electron chi connectivity index (χ4n) is 2.87. The van der Waals surface area contributed by atoms with Crippen LogP contribution in [0.25, 0.3) is 10.9 Å². The van der Waals surface area contributed by atoms with Crippen molar-refractivity contribution >= 4 is 20.7 Å². The molecule has 0 radical (unpaired) electrons.